The zero-order chi connectivity index (χ0) is 17.6. The second-order valence-corrected chi connectivity index (χ2v) is 5.82. The van der Waals surface area contributed by atoms with Crippen molar-refractivity contribution in [1.29, 1.82) is 0 Å². The summed E-state index contributed by atoms with van der Waals surface area (Å²) in [6, 6.07) is 21.0. The molecule has 0 aliphatic rings. The zero-order valence-corrected chi connectivity index (χ0v) is 14.2. The molecule has 1 heterocycles. The predicted molar refractivity (Wildman–Crippen MR) is 103 cm³/mol. The van der Waals surface area contributed by atoms with Crippen LogP contribution in [0.1, 0.15) is 10.5 Å². The summed E-state index contributed by atoms with van der Waals surface area (Å²) < 4.78 is 0. The van der Waals surface area contributed by atoms with Gasteiger partial charge in [0.15, 0.2) is 0 Å². The third kappa shape index (κ3) is 4.35. The molecule has 0 aliphatic heterocycles. The van der Waals surface area contributed by atoms with Gasteiger partial charge in [0.2, 0.25) is 0 Å². The van der Waals surface area contributed by atoms with Crippen LogP contribution in [0.15, 0.2) is 72.9 Å². The zero-order valence-electron chi connectivity index (χ0n) is 14.2. The summed E-state index contributed by atoms with van der Waals surface area (Å²) in [5.41, 5.74) is 3.94. The van der Waals surface area contributed by atoms with Crippen LogP contribution in [0, 0.1) is 0 Å². The standard InChI is InChI=1S/C20H20N4O/c1-24(2)18-10-8-16(9-11-18)23-20(25)19-14-17(12-13-21-19)22-15-6-4-3-5-7-15/h3-14H,1-2H3,(H,21,22)(H,23,25). The molecule has 1 aromatic heterocycles. The van der Waals surface area contributed by atoms with Gasteiger partial charge < -0.3 is 15.5 Å². The SMILES string of the molecule is CN(C)c1ccc(NC(=O)c2cc(Nc3ccccc3)ccn2)cc1. The number of hydrogen-bond acceptors (Lipinski definition) is 4. The molecule has 0 unspecified atom stereocenters. The van der Waals surface area contributed by atoms with Crippen LogP contribution in [-0.4, -0.2) is 25.0 Å². The van der Waals surface area contributed by atoms with Crippen LogP contribution in [-0.2, 0) is 0 Å². The molecule has 0 saturated carbocycles. The fraction of sp³-hybridized carbons (Fsp3) is 0.100. The summed E-state index contributed by atoms with van der Waals surface area (Å²) in [5, 5.41) is 6.13. The molecule has 126 valence electrons. The lowest BCUT2D eigenvalue weighted by atomic mass is 10.2. The fourth-order valence-electron chi connectivity index (χ4n) is 2.36. The number of pyridine rings is 1. The van der Waals surface area contributed by atoms with Crippen LogP contribution in [0.3, 0.4) is 0 Å². The Balaban J connectivity index is 1.70. The van der Waals surface area contributed by atoms with Gasteiger partial charge in [-0.3, -0.25) is 9.78 Å². The van der Waals surface area contributed by atoms with Crippen LogP contribution in [0.2, 0.25) is 0 Å². The van der Waals surface area contributed by atoms with Gasteiger partial charge in [0, 0.05) is 43.0 Å². The molecule has 1 amide bonds. The smallest absolute Gasteiger partial charge is 0.274 e. The summed E-state index contributed by atoms with van der Waals surface area (Å²) in [5.74, 6) is -0.241. The van der Waals surface area contributed by atoms with Crippen LogP contribution < -0.4 is 15.5 Å². The van der Waals surface area contributed by atoms with Crippen LogP contribution in [0.25, 0.3) is 0 Å². The lowest BCUT2D eigenvalue weighted by Crippen LogP contribution is -2.14. The van der Waals surface area contributed by atoms with E-state index in [2.05, 4.69) is 15.6 Å². The Morgan fingerprint density at radius 3 is 2.28 bits per heavy atom. The Labute approximate surface area is 147 Å². The molecule has 0 radical (unpaired) electrons. The largest absolute Gasteiger partial charge is 0.378 e. The fourth-order valence-corrected chi connectivity index (χ4v) is 2.36. The third-order valence-corrected chi connectivity index (χ3v) is 3.70. The highest BCUT2D eigenvalue weighted by atomic mass is 16.1. The van der Waals surface area contributed by atoms with E-state index in [0.717, 1.165) is 22.7 Å². The maximum atomic E-state index is 12.4. The highest BCUT2D eigenvalue weighted by Crippen LogP contribution is 2.18. The number of carbonyl (C=O) groups is 1. The van der Waals surface area contributed by atoms with E-state index in [4.69, 9.17) is 0 Å². The van der Waals surface area contributed by atoms with Crippen molar-refractivity contribution in [2.45, 2.75) is 0 Å². The number of rotatable bonds is 5. The molecule has 0 fully saturated rings. The summed E-state index contributed by atoms with van der Waals surface area (Å²) in [6.45, 7) is 0. The van der Waals surface area contributed by atoms with Gasteiger partial charge in [-0.05, 0) is 48.5 Å². The van der Waals surface area contributed by atoms with Gasteiger partial charge in [-0.15, -0.1) is 0 Å². The van der Waals surface area contributed by atoms with E-state index in [1.54, 1.807) is 12.3 Å². The van der Waals surface area contributed by atoms with Crippen LogP contribution in [0.4, 0.5) is 22.7 Å². The summed E-state index contributed by atoms with van der Waals surface area (Å²) in [7, 11) is 3.95. The van der Waals surface area contributed by atoms with Crippen molar-refractivity contribution in [1.82, 2.24) is 4.98 Å². The van der Waals surface area contributed by atoms with E-state index in [1.165, 1.54) is 0 Å². The molecule has 0 saturated heterocycles. The topological polar surface area (TPSA) is 57.3 Å². The second kappa shape index (κ2) is 7.49. The molecule has 0 aliphatic carbocycles. The number of nitrogens with zero attached hydrogens (tertiary/aromatic N) is 2. The normalized spacial score (nSPS) is 10.2. The van der Waals surface area contributed by atoms with Crippen LogP contribution in [0.5, 0.6) is 0 Å². The van der Waals surface area contributed by atoms with Crippen molar-refractivity contribution >= 4 is 28.7 Å². The first kappa shape index (κ1) is 16.5. The third-order valence-electron chi connectivity index (χ3n) is 3.70. The molecule has 2 N–H and O–H groups in total. The molecule has 5 nitrogen and oxygen atoms in total. The monoisotopic (exact) mass is 332 g/mol. The molecule has 0 atom stereocenters. The first-order chi connectivity index (χ1) is 12.1. The quantitative estimate of drug-likeness (QED) is 0.737. The van der Waals surface area contributed by atoms with E-state index >= 15 is 0 Å². The number of hydrogen-bond donors (Lipinski definition) is 2. The number of benzene rings is 2. The number of carbonyl (C=O) groups excluding carboxylic acids is 1. The number of para-hydroxylation sites is 1. The van der Waals surface area contributed by atoms with Crippen LogP contribution >= 0.6 is 0 Å². The van der Waals surface area contributed by atoms with Gasteiger partial charge in [0.05, 0.1) is 0 Å². The molecule has 5 heteroatoms. The Morgan fingerprint density at radius 2 is 1.60 bits per heavy atom. The highest BCUT2D eigenvalue weighted by Gasteiger charge is 2.09. The van der Waals surface area contributed by atoms with E-state index < -0.39 is 0 Å². The van der Waals surface area contributed by atoms with Gasteiger partial charge in [-0.2, -0.15) is 0 Å². The minimum atomic E-state index is -0.241. The molecule has 3 aromatic rings. The minimum absolute atomic E-state index is 0.241. The molecule has 0 spiro atoms. The number of amides is 1. The molecule has 0 bridgehead atoms. The molecule has 2 aromatic carbocycles. The maximum Gasteiger partial charge on any atom is 0.274 e. The maximum absolute atomic E-state index is 12.4. The summed E-state index contributed by atoms with van der Waals surface area (Å²) in [6.07, 6.45) is 1.62. The first-order valence-corrected chi connectivity index (χ1v) is 7.99. The van der Waals surface area contributed by atoms with Gasteiger partial charge in [0.25, 0.3) is 5.91 Å². The van der Waals surface area contributed by atoms with Crippen molar-refractivity contribution in [3.05, 3.63) is 78.6 Å². The lowest BCUT2D eigenvalue weighted by Gasteiger charge is -2.13. The summed E-state index contributed by atoms with van der Waals surface area (Å²) >= 11 is 0. The van der Waals surface area contributed by atoms with E-state index in [-0.39, 0.29) is 5.91 Å². The summed E-state index contributed by atoms with van der Waals surface area (Å²) in [4.78, 5) is 18.6. The highest BCUT2D eigenvalue weighted by molar-refractivity contribution is 6.03. The van der Waals surface area contributed by atoms with Crippen molar-refractivity contribution in [2.24, 2.45) is 0 Å². The van der Waals surface area contributed by atoms with Gasteiger partial charge in [-0.1, -0.05) is 18.2 Å². The average molecular weight is 332 g/mol. The Hall–Kier alpha value is -3.34. The van der Waals surface area contributed by atoms with E-state index in [0.29, 0.717) is 5.69 Å². The Morgan fingerprint density at radius 1 is 0.880 bits per heavy atom. The van der Waals surface area contributed by atoms with E-state index in [1.807, 2.05) is 79.7 Å². The Kier molecular flexibility index (Phi) is 4.95. The van der Waals surface area contributed by atoms with Gasteiger partial charge in [0.1, 0.15) is 5.69 Å². The number of nitrogens with one attached hydrogen (secondary N) is 2. The van der Waals surface area contributed by atoms with Crippen molar-refractivity contribution in [3.63, 3.8) is 0 Å². The predicted octanol–water partition coefficient (Wildman–Crippen LogP) is 4.14. The number of anilines is 4. The number of aromatic nitrogens is 1. The Bertz CT molecular complexity index is 845. The second-order valence-electron chi connectivity index (χ2n) is 5.82. The van der Waals surface area contributed by atoms with Gasteiger partial charge >= 0.3 is 0 Å². The molecule has 3 rings (SSSR count). The van der Waals surface area contributed by atoms with Crippen molar-refractivity contribution in [3.8, 4) is 0 Å². The van der Waals surface area contributed by atoms with Crippen molar-refractivity contribution in [2.75, 3.05) is 29.6 Å². The molecular weight excluding hydrogens is 312 g/mol. The average Bonchev–Trinajstić information content (AvgIpc) is 2.63. The van der Waals surface area contributed by atoms with E-state index in [9.17, 15) is 4.79 Å². The van der Waals surface area contributed by atoms with Gasteiger partial charge in [-0.25, -0.2) is 0 Å². The lowest BCUT2D eigenvalue weighted by molar-refractivity contribution is 0.102. The van der Waals surface area contributed by atoms with Crippen molar-refractivity contribution < 1.29 is 4.79 Å². The molecule has 25 heavy (non-hydrogen) atoms. The minimum Gasteiger partial charge on any atom is -0.378 e. The molecular formula is C20H20N4O. The first-order valence-electron chi connectivity index (χ1n) is 7.99.